The van der Waals surface area contributed by atoms with E-state index in [2.05, 4.69) is 69.3 Å². The molecule has 0 spiro atoms. The highest BCUT2D eigenvalue weighted by Gasteiger charge is 2.51. The van der Waals surface area contributed by atoms with Crippen LogP contribution in [0.4, 0.5) is 4.79 Å². The Labute approximate surface area is 187 Å². The van der Waals surface area contributed by atoms with Gasteiger partial charge in [0.2, 0.25) is 0 Å². The number of rotatable bonds is 7. The Morgan fingerprint density at radius 2 is 1.58 bits per heavy atom. The number of carboxylic acid groups (broad SMARTS) is 1. The van der Waals surface area contributed by atoms with Crippen molar-refractivity contribution in [1.29, 1.82) is 0 Å². The van der Waals surface area contributed by atoms with Crippen LogP contribution in [-0.2, 0) is 9.16 Å². The van der Waals surface area contributed by atoms with Gasteiger partial charge < -0.3 is 19.2 Å². The second kappa shape index (κ2) is 9.55. The maximum absolute atomic E-state index is 11.9. The summed E-state index contributed by atoms with van der Waals surface area (Å²) in [5, 5.41) is 12.0. The molecular weight excluding hydrogens is 406 g/mol. The summed E-state index contributed by atoms with van der Waals surface area (Å²) >= 11 is 0. The highest BCUT2D eigenvalue weighted by atomic mass is 28.4. The molecule has 0 aromatic heterocycles. The first-order chi connectivity index (χ1) is 14.6. The molecule has 6 heteroatoms. The zero-order valence-corrected chi connectivity index (χ0v) is 20.2. The van der Waals surface area contributed by atoms with Gasteiger partial charge in [-0.25, -0.2) is 4.79 Å². The van der Waals surface area contributed by atoms with E-state index < -0.39 is 14.4 Å². The zero-order valence-electron chi connectivity index (χ0n) is 19.2. The van der Waals surface area contributed by atoms with E-state index in [1.54, 1.807) is 0 Å². The Bertz CT molecular complexity index is 811. The summed E-state index contributed by atoms with van der Waals surface area (Å²) in [5.41, 5.74) is 0. The number of nitrogens with zero attached hydrogens (tertiary/aromatic N) is 1. The molecule has 5 nitrogen and oxygen atoms in total. The van der Waals surface area contributed by atoms with Gasteiger partial charge in [0.25, 0.3) is 8.32 Å². The summed E-state index contributed by atoms with van der Waals surface area (Å²) in [6.07, 6.45) is -0.283. The number of ether oxygens (including phenoxy) is 1. The highest BCUT2D eigenvalue weighted by Crippen LogP contribution is 2.37. The van der Waals surface area contributed by atoms with Crippen LogP contribution in [0, 0.1) is 0 Å². The molecule has 3 rings (SSSR count). The molecule has 1 amide bonds. The van der Waals surface area contributed by atoms with E-state index in [1.165, 1.54) is 15.3 Å². The number of likely N-dealkylation sites (tertiary alicyclic amines) is 1. The lowest BCUT2D eigenvalue weighted by atomic mass is 10.2. The maximum atomic E-state index is 11.9. The second-order valence-corrected chi connectivity index (χ2v) is 13.9. The lowest BCUT2D eigenvalue weighted by Crippen LogP contribution is -2.67. The highest BCUT2D eigenvalue weighted by molar-refractivity contribution is 6.99. The van der Waals surface area contributed by atoms with Crippen molar-refractivity contribution < 1.29 is 19.1 Å². The summed E-state index contributed by atoms with van der Waals surface area (Å²) in [6.45, 7) is 11.4. The van der Waals surface area contributed by atoms with E-state index in [-0.39, 0.29) is 23.3 Å². The lowest BCUT2D eigenvalue weighted by molar-refractivity contribution is 0.0142. The van der Waals surface area contributed by atoms with Crippen molar-refractivity contribution >= 4 is 24.8 Å². The Kier molecular flexibility index (Phi) is 7.24. The van der Waals surface area contributed by atoms with E-state index in [1.807, 2.05) is 26.0 Å². The minimum atomic E-state index is -2.70. The van der Waals surface area contributed by atoms with Gasteiger partial charge in [-0.05, 0) is 35.7 Å². The average molecular weight is 442 g/mol. The van der Waals surface area contributed by atoms with Gasteiger partial charge in [-0.3, -0.25) is 0 Å². The number of benzene rings is 2. The smallest absolute Gasteiger partial charge is 0.407 e. The number of carbonyl (C=O) groups is 1. The van der Waals surface area contributed by atoms with Gasteiger partial charge in [0, 0.05) is 0 Å². The fraction of sp³-hybridized carbons (Fsp3) is 0.480. The van der Waals surface area contributed by atoms with Crippen molar-refractivity contribution in [2.75, 3.05) is 13.2 Å². The molecule has 1 N–H and O–H groups in total. The van der Waals surface area contributed by atoms with Gasteiger partial charge in [0.1, 0.15) is 0 Å². The molecule has 1 saturated heterocycles. The van der Waals surface area contributed by atoms with E-state index in [4.69, 9.17) is 9.16 Å². The summed E-state index contributed by atoms with van der Waals surface area (Å²) in [7, 11) is -2.70. The summed E-state index contributed by atoms with van der Waals surface area (Å²) < 4.78 is 12.9. The predicted octanol–water partition coefficient (Wildman–Crippen LogP) is 4.11. The normalized spacial score (nSPS) is 19.7. The van der Waals surface area contributed by atoms with Crippen LogP contribution in [0.15, 0.2) is 60.7 Å². The Morgan fingerprint density at radius 3 is 2.00 bits per heavy atom. The summed E-state index contributed by atoms with van der Waals surface area (Å²) in [5.74, 6) is 0. The van der Waals surface area contributed by atoms with Crippen LogP contribution in [0.25, 0.3) is 0 Å². The van der Waals surface area contributed by atoms with Crippen LogP contribution in [0.3, 0.4) is 0 Å². The van der Waals surface area contributed by atoms with Crippen molar-refractivity contribution in [1.82, 2.24) is 4.90 Å². The maximum Gasteiger partial charge on any atom is 0.407 e. The molecular formula is C25H35NO4Si. The molecule has 1 fully saturated rings. The molecule has 2 aromatic carbocycles. The lowest BCUT2D eigenvalue weighted by Gasteiger charge is -2.43. The van der Waals surface area contributed by atoms with E-state index in [0.29, 0.717) is 19.6 Å². The number of amides is 1. The number of hydrogen-bond acceptors (Lipinski definition) is 3. The fourth-order valence-corrected chi connectivity index (χ4v) is 9.33. The summed E-state index contributed by atoms with van der Waals surface area (Å²) in [6, 6.07) is 20.7. The van der Waals surface area contributed by atoms with Crippen LogP contribution < -0.4 is 10.4 Å². The van der Waals surface area contributed by atoms with Crippen LogP contribution in [-0.4, -0.2) is 55.8 Å². The standard InChI is InChI=1S/C25H35NO4Si/c1-19(2)30-21-16-20(26(17-21)24(27)28)18-29-31(25(3,4)5,22-12-8-6-9-13-22)23-14-10-7-11-15-23/h6-15,19-21H,16-18H2,1-5H3,(H,27,28). The van der Waals surface area contributed by atoms with E-state index in [0.717, 1.165) is 0 Å². The second-order valence-electron chi connectivity index (χ2n) is 9.61. The SMILES string of the molecule is CC(C)OC1CC(CO[Si](c2ccccc2)(c2ccccc2)C(C)(C)C)N(C(=O)O)C1. The van der Waals surface area contributed by atoms with Crippen LogP contribution >= 0.6 is 0 Å². The third-order valence-electron chi connectivity index (χ3n) is 6.00. The molecule has 2 atom stereocenters. The quantitative estimate of drug-likeness (QED) is 0.657. The van der Waals surface area contributed by atoms with Gasteiger partial charge in [-0.2, -0.15) is 0 Å². The minimum absolute atomic E-state index is 0.0667. The van der Waals surface area contributed by atoms with Crippen LogP contribution in [0.2, 0.25) is 5.04 Å². The zero-order chi connectivity index (χ0) is 22.6. The van der Waals surface area contributed by atoms with Crippen molar-refractivity contribution in [2.45, 2.75) is 64.3 Å². The molecule has 0 saturated carbocycles. The fourth-order valence-electron chi connectivity index (χ4n) is 4.73. The number of hydrogen-bond donors (Lipinski definition) is 1. The molecule has 2 aromatic rings. The first kappa shape index (κ1) is 23.5. The van der Waals surface area contributed by atoms with Crippen LogP contribution in [0.5, 0.6) is 0 Å². The molecule has 1 aliphatic heterocycles. The molecule has 0 bridgehead atoms. The Balaban J connectivity index is 1.97. The van der Waals surface area contributed by atoms with E-state index in [9.17, 15) is 9.90 Å². The molecule has 168 valence electrons. The first-order valence-corrected chi connectivity index (χ1v) is 13.0. The van der Waals surface area contributed by atoms with Crippen molar-refractivity contribution in [3.05, 3.63) is 60.7 Å². The van der Waals surface area contributed by atoms with E-state index >= 15 is 0 Å². The molecule has 31 heavy (non-hydrogen) atoms. The molecule has 1 aliphatic rings. The molecule has 1 heterocycles. The molecule has 2 unspecified atom stereocenters. The Hall–Kier alpha value is -2.15. The first-order valence-electron chi connectivity index (χ1n) is 11.0. The van der Waals surface area contributed by atoms with Crippen LogP contribution in [0.1, 0.15) is 41.0 Å². The van der Waals surface area contributed by atoms with Gasteiger partial charge >= 0.3 is 6.09 Å². The largest absolute Gasteiger partial charge is 0.465 e. The predicted molar refractivity (Wildman–Crippen MR) is 127 cm³/mol. The van der Waals surface area contributed by atoms with Gasteiger partial charge in [0.05, 0.1) is 31.4 Å². The molecule has 0 radical (unpaired) electrons. The Morgan fingerprint density at radius 1 is 1.06 bits per heavy atom. The monoisotopic (exact) mass is 441 g/mol. The van der Waals surface area contributed by atoms with Crippen molar-refractivity contribution in [2.24, 2.45) is 0 Å². The van der Waals surface area contributed by atoms with Crippen molar-refractivity contribution in [3.8, 4) is 0 Å². The third kappa shape index (κ3) is 5.02. The van der Waals surface area contributed by atoms with Gasteiger partial charge in [-0.1, -0.05) is 81.4 Å². The average Bonchev–Trinajstić information content (AvgIpc) is 3.11. The summed E-state index contributed by atoms with van der Waals surface area (Å²) in [4.78, 5) is 13.4. The molecule has 0 aliphatic carbocycles. The van der Waals surface area contributed by atoms with Crippen molar-refractivity contribution in [3.63, 3.8) is 0 Å². The minimum Gasteiger partial charge on any atom is -0.465 e. The van der Waals surface area contributed by atoms with Gasteiger partial charge in [-0.15, -0.1) is 0 Å². The van der Waals surface area contributed by atoms with Gasteiger partial charge in [0.15, 0.2) is 0 Å². The topological polar surface area (TPSA) is 59.0 Å². The third-order valence-corrected chi connectivity index (χ3v) is 11.0.